The monoisotopic (exact) mass is 287 g/mol. The molecule has 0 saturated carbocycles. The molecule has 0 bridgehead atoms. The van der Waals surface area contributed by atoms with Gasteiger partial charge in [0, 0.05) is 11.6 Å². The van der Waals surface area contributed by atoms with Gasteiger partial charge in [0.2, 0.25) is 0 Å². The molecule has 1 N–H and O–H groups in total. The molecule has 2 aromatic rings. The van der Waals surface area contributed by atoms with E-state index in [0.717, 1.165) is 23.4 Å². The van der Waals surface area contributed by atoms with E-state index in [2.05, 4.69) is 19.2 Å². The van der Waals surface area contributed by atoms with Crippen molar-refractivity contribution < 1.29 is 9.13 Å². The van der Waals surface area contributed by atoms with E-state index in [-0.39, 0.29) is 11.9 Å². The zero-order chi connectivity index (χ0) is 15.2. The van der Waals surface area contributed by atoms with Crippen molar-refractivity contribution in [1.82, 2.24) is 5.32 Å². The van der Waals surface area contributed by atoms with Crippen LogP contribution in [-0.2, 0) is 0 Å². The topological polar surface area (TPSA) is 21.3 Å². The number of halogens is 1. The van der Waals surface area contributed by atoms with Gasteiger partial charge in [0.15, 0.2) is 0 Å². The van der Waals surface area contributed by atoms with Crippen LogP contribution in [0.25, 0.3) is 11.1 Å². The third kappa shape index (κ3) is 3.82. The Labute approximate surface area is 126 Å². The van der Waals surface area contributed by atoms with Crippen LogP contribution in [-0.4, -0.2) is 13.2 Å². The van der Waals surface area contributed by atoms with Gasteiger partial charge in [-0.25, -0.2) is 4.39 Å². The molecule has 0 fully saturated rings. The second-order valence-electron chi connectivity index (χ2n) is 4.98. The van der Waals surface area contributed by atoms with Crippen LogP contribution in [0.2, 0.25) is 0 Å². The van der Waals surface area contributed by atoms with Crippen LogP contribution in [0.15, 0.2) is 42.5 Å². The minimum Gasteiger partial charge on any atom is -0.494 e. The maximum atomic E-state index is 14.1. The number of hydrogen-bond acceptors (Lipinski definition) is 2. The molecule has 0 amide bonds. The van der Waals surface area contributed by atoms with E-state index >= 15 is 0 Å². The molecule has 0 heterocycles. The Balaban J connectivity index is 2.31. The van der Waals surface area contributed by atoms with Crippen LogP contribution in [0.3, 0.4) is 0 Å². The fourth-order valence-corrected chi connectivity index (χ4v) is 2.35. The highest BCUT2D eigenvalue weighted by atomic mass is 19.1. The summed E-state index contributed by atoms with van der Waals surface area (Å²) in [5.41, 5.74) is 2.57. The summed E-state index contributed by atoms with van der Waals surface area (Å²) in [5.74, 6) is 0.602. The molecule has 2 aromatic carbocycles. The second-order valence-corrected chi connectivity index (χ2v) is 4.98. The first-order chi connectivity index (χ1) is 10.2. The second kappa shape index (κ2) is 7.23. The summed E-state index contributed by atoms with van der Waals surface area (Å²) in [4.78, 5) is 0. The number of benzene rings is 2. The molecule has 0 radical (unpaired) electrons. The molecule has 3 heteroatoms. The maximum absolute atomic E-state index is 14.1. The van der Waals surface area contributed by atoms with Gasteiger partial charge in [-0.2, -0.15) is 0 Å². The van der Waals surface area contributed by atoms with E-state index in [1.54, 1.807) is 0 Å². The van der Waals surface area contributed by atoms with Crippen LogP contribution in [0.1, 0.15) is 32.4 Å². The first kappa shape index (κ1) is 15.5. The Morgan fingerprint density at radius 2 is 1.81 bits per heavy atom. The minimum atomic E-state index is -0.202. The van der Waals surface area contributed by atoms with Gasteiger partial charge in [-0.15, -0.1) is 0 Å². The molecule has 112 valence electrons. The average molecular weight is 287 g/mol. The fraction of sp³-hybridized carbons (Fsp3) is 0.333. The van der Waals surface area contributed by atoms with Crippen LogP contribution in [0.5, 0.6) is 5.75 Å². The zero-order valence-electron chi connectivity index (χ0n) is 12.8. The number of hydrogen-bond donors (Lipinski definition) is 1. The van der Waals surface area contributed by atoms with Crippen molar-refractivity contribution in [1.29, 1.82) is 0 Å². The lowest BCUT2D eigenvalue weighted by atomic mass is 9.99. The number of rotatable bonds is 6. The quantitative estimate of drug-likeness (QED) is 0.840. The lowest BCUT2D eigenvalue weighted by molar-refractivity contribution is 0.340. The van der Waals surface area contributed by atoms with E-state index < -0.39 is 0 Å². The van der Waals surface area contributed by atoms with Gasteiger partial charge in [0.05, 0.1) is 6.61 Å². The summed E-state index contributed by atoms with van der Waals surface area (Å²) in [7, 11) is 0. The Bertz CT molecular complexity index is 580. The largest absolute Gasteiger partial charge is 0.494 e. The summed E-state index contributed by atoms with van der Waals surface area (Å²) in [6, 6.07) is 13.0. The summed E-state index contributed by atoms with van der Waals surface area (Å²) < 4.78 is 19.5. The molecule has 21 heavy (non-hydrogen) atoms. The maximum Gasteiger partial charge on any atom is 0.131 e. The molecular weight excluding hydrogens is 265 g/mol. The fourth-order valence-electron chi connectivity index (χ4n) is 2.35. The standard InChI is InChI=1S/C18H22FNO/c1-4-20-13(3)15-8-11-18(19)17(12-15)14-6-9-16(10-7-14)21-5-2/h6-13,20H,4-5H2,1-3H3. The highest BCUT2D eigenvalue weighted by molar-refractivity contribution is 5.65. The van der Waals surface area contributed by atoms with Crippen molar-refractivity contribution in [3.8, 4) is 16.9 Å². The molecule has 0 aliphatic heterocycles. The third-order valence-electron chi connectivity index (χ3n) is 3.48. The average Bonchev–Trinajstić information content (AvgIpc) is 2.49. The Morgan fingerprint density at radius 1 is 1.10 bits per heavy atom. The van der Waals surface area contributed by atoms with Crippen molar-refractivity contribution in [2.75, 3.05) is 13.2 Å². The smallest absolute Gasteiger partial charge is 0.131 e. The number of nitrogens with one attached hydrogen (secondary N) is 1. The first-order valence-electron chi connectivity index (χ1n) is 7.41. The highest BCUT2D eigenvalue weighted by Crippen LogP contribution is 2.28. The molecule has 0 saturated heterocycles. The van der Waals surface area contributed by atoms with Gasteiger partial charge in [-0.3, -0.25) is 0 Å². The lowest BCUT2D eigenvalue weighted by Gasteiger charge is -2.15. The SMILES string of the molecule is CCNC(C)c1ccc(F)c(-c2ccc(OCC)cc2)c1. The Hall–Kier alpha value is -1.87. The lowest BCUT2D eigenvalue weighted by Crippen LogP contribution is -2.17. The number of ether oxygens (including phenoxy) is 1. The molecule has 1 unspecified atom stereocenters. The summed E-state index contributed by atoms with van der Waals surface area (Å²) in [5, 5.41) is 3.34. The van der Waals surface area contributed by atoms with E-state index in [9.17, 15) is 4.39 Å². The molecule has 1 atom stereocenters. The molecule has 0 aliphatic rings. The summed E-state index contributed by atoms with van der Waals surface area (Å²) in [6.45, 7) is 7.60. The van der Waals surface area contributed by atoms with Crippen LogP contribution in [0, 0.1) is 5.82 Å². The van der Waals surface area contributed by atoms with Crippen molar-refractivity contribution >= 4 is 0 Å². The van der Waals surface area contributed by atoms with Gasteiger partial charge in [0.25, 0.3) is 0 Å². The van der Waals surface area contributed by atoms with Crippen LogP contribution < -0.4 is 10.1 Å². The predicted octanol–water partition coefficient (Wildman–Crippen LogP) is 4.56. The molecule has 2 rings (SSSR count). The third-order valence-corrected chi connectivity index (χ3v) is 3.48. The Morgan fingerprint density at radius 3 is 2.43 bits per heavy atom. The van der Waals surface area contributed by atoms with Gasteiger partial charge in [-0.1, -0.05) is 25.1 Å². The normalized spacial score (nSPS) is 12.2. The predicted molar refractivity (Wildman–Crippen MR) is 85.1 cm³/mol. The van der Waals surface area contributed by atoms with E-state index in [4.69, 9.17) is 4.74 Å². The molecule has 0 aromatic heterocycles. The molecule has 2 nitrogen and oxygen atoms in total. The van der Waals surface area contributed by atoms with E-state index in [0.29, 0.717) is 12.2 Å². The van der Waals surface area contributed by atoms with Crippen LogP contribution in [0.4, 0.5) is 4.39 Å². The first-order valence-corrected chi connectivity index (χ1v) is 7.41. The highest BCUT2D eigenvalue weighted by Gasteiger charge is 2.10. The molecule has 0 aliphatic carbocycles. The minimum absolute atomic E-state index is 0.202. The van der Waals surface area contributed by atoms with E-state index in [1.165, 1.54) is 6.07 Å². The van der Waals surface area contributed by atoms with Gasteiger partial charge in [0.1, 0.15) is 11.6 Å². The van der Waals surface area contributed by atoms with Crippen molar-refractivity contribution in [2.45, 2.75) is 26.8 Å². The van der Waals surface area contributed by atoms with Crippen LogP contribution >= 0.6 is 0 Å². The van der Waals surface area contributed by atoms with Crippen molar-refractivity contribution in [3.63, 3.8) is 0 Å². The van der Waals surface area contributed by atoms with Crippen molar-refractivity contribution in [3.05, 3.63) is 53.8 Å². The van der Waals surface area contributed by atoms with Gasteiger partial charge < -0.3 is 10.1 Å². The summed E-state index contributed by atoms with van der Waals surface area (Å²) >= 11 is 0. The van der Waals surface area contributed by atoms with Gasteiger partial charge in [-0.05, 0) is 55.8 Å². The van der Waals surface area contributed by atoms with E-state index in [1.807, 2.05) is 43.3 Å². The Kier molecular flexibility index (Phi) is 5.34. The van der Waals surface area contributed by atoms with Crippen molar-refractivity contribution in [2.24, 2.45) is 0 Å². The molecule has 0 spiro atoms. The zero-order valence-corrected chi connectivity index (χ0v) is 12.8. The van der Waals surface area contributed by atoms with Gasteiger partial charge >= 0.3 is 0 Å². The molecular formula is C18H22FNO. The summed E-state index contributed by atoms with van der Waals surface area (Å²) in [6.07, 6.45) is 0.